The highest BCUT2D eigenvalue weighted by Crippen LogP contribution is 2.16. The SMILES string of the molecule is c1cnc(N2CCC(NCC3CCCNC3)CC2)nc1. The zero-order valence-corrected chi connectivity index (χ0v) is 12.1. The first-order valence-corrected chi connectivity index (χ1v) is 7.88. The van der Waals surface area contributed by atoms with Crippen molar-refractivity contribution in [2.24, 2.45) is 5.92 Å². The number of piperidine rings is 2. The average Bonchev–Trinajstić information content (AvgIpc) is 2.55. The van der Waals surface area contributed by atoms with E-state index in [1.165, 1.54) is 45.3 Å². The molecule has 2 fully saturated rings. The van der Waals surface area contributed by atoms with Crippen LogP contribution in [0.2, 0.25) is 0 Å². The molecule has 0 spiro atoms. The van der Waals surface area contributed by atoms with E-state index in [1.807, 2.05) is 18.5 Å². The van der Waals surface area contributed by atoms with Crippen molar-refractivity contribution in [3.63, 3.8) is 0 Å². The van der Waals surface area contributed by atoms with Crippen molar-refractivity contribution in [1.29, 1.82) is 0 Å². The third-order valence-corrected chi connectivity index (χ3v) is 4.42. The van der Waals surface area contributed by atoms with Gasteiger partial charge in [-0.15, -0.1) is 0 Å². The molecule has 3 rings (SSSR count). The summed E-state index contributed by atoms with van der Waals surface area (Å²) in [5.74, 6) is 1.70. The van der Waals surface area contributed by atoms with E-state index < -0.39 is 0 Å². The molecule has 1 aromatic heterocycles. The van der Waals surface area contributed by atoms with E-state index in [0.29, 0.717) is 6.04 Å². The van der Waals surface area contributed by atoms with E-state index in [4.69, 9.17) is 0 Å². The van der Waals surface area contributed by atoms with E-state index in [-0.39, 0.29) is 0 Å². The second-order valence-electron chi connectivity index (χ2n) is 5.93. The molecule has 20 heavy (non-hydrogen) atoms. The van der Waals surface area contributed by atoms with Crippen LogP contribution in [-0.4, -0.2) is 48.7 Å². The number of rotatable bonds is 4. The maximum Gasteiger partial charge on any atom is 0.225 e. The van der Waals surface area contributed by atoms with Crippen molar-refractivity contribution >= 4 is 5.95 Å². The van der Waals surface area contributed by atoms with Crippen LogP contribution in [-0.2, 0) is 0 Å². The minimum atomic E-state index is 0.664. The zero-order chi connectivity index (χ0) is 13.6. The summed E-state index contributed by atoms with van der Waals surface area (Å²) in [6.07, 6.45) is 8.73. The van der Waals surface area contributed by atoms with Gasteiger partial charge in [0.2, 0.25) is 5.95 Å². The summed E-state index contributed by atoms with van der Waals surface area (Å²) in [6, 6.07) is 2.53. The highest BCUT2D eigenvalue weighted by Gasteiger charge is 2.21. The largest absolute Gasteiger partial charge is 0.341 e. The van der Waals surface area contributed by atoms with E-state index in [0.717, 1.165) is 25.0 Å². The Morgan fingerprint density at radius 2 is 2.00 bits per heavy atom. The molecule has 0 aliphatic carbocycles. The van der Waals surface area contributed by atoms with Gasteiger partial charge < -0.3 is 15.5 Å². The van der Waals surface area contributed by atoms with Crippen LogP contribution >= 0.6 is 0 Å². The molecule has 5 nitrogen and oxygen atoms in total. The molecule has 110 valence electrons. The highest BCUT2D eigenvalue weighted by atomic mass is 15.3. The summed E-state index contributed by atoms with van der Waals surface area (Å²) >= 11 is 0. The van der Waals surface area contributed by atoms with Gasteiger partial charge in [0.25, 0.3) is 0 Å². The van der Waals surface area contributed by atoms with Gasteiger partial charge in [0.05, 0.1) is 0 Å². The standard InChI is InChI=1S/C15H25N5/c1-3-13(11-16-6-1)12-19-14-4-9-20(10-5-14)15-17-7-2-8-18-15/h2,7-8,13-14,16,19H,1,3-6,9-12H2. The van der Waals surface area contributed by atoms with Gasteiger partial charge in [-0.3, -0.25) is 0 Å². The molecule has 0 saturated carbocycles. The van der Waals surface area contributed by atoms with Gasteiger partial charge in [-0.1, -0.05) is 0 Å². The van der Waals surface area contributed by atoms with Gasteiger partial charge >= 0.3 is 0 Å². The molecular weight excluding hydrogens is 250 g/mol. The van der Waals surface area contributed by atoms with Crippen LogP contribution in [0, 0.1) is 5.92 Å². The predicted octanol–water partition coefficient (Wildman–Crippen LogP) is 1.03. The van der Waals surface area contributed by atoms with Crippen LogP contribution in [0.4, 0.5) is 5.95 Å². The predicted molar refractivity (Wildman–Crippen MR) is 80.9 cm³/mol. The lowest BCUT2D eigenvalue weighted by atomic mass is 9.98. The van der Waals surface area contributed by atoms with E-state index >= 15 is 0 Å². The summed E-state index contributed by atoms with van der Waals surface area (Å²) in [5, 5.41) is 7.24. The van der Waals surface area contributed by atoms with Crippen molar-refractivity contribution in [3.05, 3.63) is 18.5 Å². The zero-order valence-electron chi connectivity index (χ0n) is 12.1. The fraction of sp³-hybridized carbons (Fsp3) is 0.733. The van der Waals surface area contributed by atoms with Crippen molar-refractivity contribution in [1.82, 2.24) is 20.6 Å². The van der Waals surface area contributed by atoms with Gasteiger partial charge in [-0.05, 0) is 57.3 Å². The average molecular weight is 275 g/mol. The summed E-state index contributed by atoms with van der Waals surface area (Å²) in [5.41, 5.74) is 0. The Morgan fingerprint density at radius 1 is 1.20 bits per heavy atom. The molecule has 5 heteroatoms. The van der Waals surface area contributed by atoms with Crippen molar-refractivity contribution < 1.29 is 0 Å². The number of hydrogen-bond acceptors (Lipinski definition) is 5. The maximum atomic E-state index is 4.33. The second-order valence-corrected chi connectivity index (χ2v) is 5.93. The number of nitrogens with zero attached hydrogens (tertiary/aromatic N) is 3. The Morgan fingerprint density at radius 3 is 2.70 bits per heavy atom. The Kier molecular flexibility index (Phi) is 4.82. The minimum absolute atomic E-state index is 0.664. The lowest BCUT2D eigenvalue weighted by molar-refractivity contribution is 0.324. The number of hydrogen-bond donors (Lipinski definition) is 2. The fourth-order valence-electron chi connectivity index (χ4n) is 3.17. The van der Waals surface area contributed by atoms with Crippen LogP contribution < -0.4 is 15.5 Å². The topological polar surface area (TPSA) is 53.1 Å². The molecule has 1 unspecified atom stereocenters. The first-order valence-electron chi connectivity index (χ1n) is 7.88. The lowest BCUT2D eigenvalue weighted by Gasteiger charge is -2.33. The van der Waals surface area contributed by atoms with Gasteiger partial charge in [-0.2, -0.15) is 0 Å². The van der Waals surface area contributed by atoms with Crippen molar-refractivity contribution in [3.8, 4) is 0 Å². The minimum Gasteiger partial charge on any atom is -0.341 e. The first kappa shape index (κ1) is 13.8. The van der Waals surface area contributed by atoms with E-state index in [1.54, 1.807) is 0 Å². The fourth-order valence-corrected chi connectivity index (χ4v) is 3.17. The highest BCUT2D eigenvalue weighted by molar-refractivity contribution is 5.29. The smallest absolute Gasteiger partial charge is 0.225 e. The third kappa shape index (κ3) is 3.67. The van der Waals surface area contributed by atoms with Crippen molar-refractivity contribution in [2.75, 3.05) is 37.6 Å². The number of nitrogens with one attached hydrogen (secondary N) is 2. The summed E-state index contributed by atoms with van der Waals surface area (Å²) in [7, 11) is 0. The Labute approximate surface area is 121 Å². The monoisotopic (exact) mass is 275 g/mol. The van der Waals surface area contributed by atoms with Crippen molar-refractivity contribution in [2.45, 2.75) is 31.7 Å². The van der Waals surface area contributed by atoms with E-state index in [2.05, 4.69) is 25.5 Å². The Balaban J connectivity index is 1.40. The molecule has 1 aromatic rings. The molecule has 0 bridgehead atoms. The lowest BCUT2D eigenvalue weighted by Crippen LogP contribution is -2.46. The molecule has 0 radical (unpaired) electrons. The molecule has 3 heterocycles. The molecular formula is C15H25N5. The number of aromatic nitrogens is 2. The summed E-state index contributed by atoms with van der Waals surface area (Å²) in [4.78, 5) is 11.0. The Bertz CT molecular complexity index is 383. The third-order valence-electron chi connectivity index (χ3n) is 4.42. The summed E-state index contributed by atoms with van der Waals surface area (Å²) < 4.78 is 0. The van der Waals surface area contributed by atoms with Gasteiger partial charge in [0.1, 0.15) is 0 Å². The first-order chi connectivity index (χ1) is 9.92. The van der Waals surface area contributed by atoms with Gasteiger partial charge in [0, 0.05) is 31.5 Å². The molecule has 2 aliphatic heterocycles. The van der Waals surface area contributed by atoms with Crippen LogP contribution in [0.5, 0.6) is 0 Å². The van der Waals surface area contributed by atoms with Crippen LogP contribution in [0.3, 0.4) is 0 Å². The quantitative estimate of drug-likeness (QED) is 0.860. The molecule has 0 amide bonds. The molecule has 2 N–H and O–H groups in total. The molecule has 2 saturated heterocycles. The van der Waals surface area contributed by atoms with Crippen LogP contribution in [0.25, 0.3) is 0 Å². The van der Waals surface area contributed by atoms with Gasteiger partial charge in [0.15, 0.2) is 0 Å². The number of anilines is 1. The van der Waals surface area contributed by atoms with Crippen LogP contribution in [0.1, 0.15) is 25.7 Å². The molecule has 0 aromatic carbocycles. The Hall–Kier alpha value is -1.20. The van der Waals surface area contributed by atoms with Crippen LogP contribution in [0.15, 0.2) is 18.5 Å². The second kappa shape index (κ2) is 6.99. The van der Waals surface area contributed by atoms with Gasteiger partial charge in [-0.25, -0.2) is 9.97 Å². The molecule has 2 aliphatic rings. The maximum absolute atomic E-state index is 4.33. The molecule has 1 atom stereocenters. The normalized spacial score (nSPS) is 24.8. The summed E-state index contributed by atoms with van der Waals surface area (Å²) in [6.45, 7) is 5.67. The van der Waals surface area contributed by atoms with E-state index in [9.17, 15) is 0 Å².